The maximum Gasteiger partial charge on any atom is 0.356 e. The number of carbonyl (C=O) groups is 3. The van der Waals surface area contributed by atoms with Crippen LogP contribution in [-0.4, -0.2) is 57.5 Å². The van der Waals surface area contributed by atoms with Crippen LogP contribution in [0.2, 0.25) is 4.34 Å². The molecule has 13 heteroatoms. The molecule has 0 radical (unpaired) electrons. The number of nitrogens with two attached hydrogens (primary N) is 1. The zero-order valence-electron chi connectivity index (χ0n) is 23.9. The number of anilines is 1. The molecule has 2 atom stereocenters. The molecule has 45 heavy (non-hydrogen) atoms. The van der Waals surface area contributed by atoms with Gasteiger partial charge in [-0.05, 0) is 36.1 Å². The number of pyridine rings is 1. The molecule has 10 nitrogen and oxygen atoms in total. The topological polar surface area (TPSA) is 140 Å². The Morgan fingerprint density at radius 2 is 1.73 bits per heavy atom. The molecule has 2 aromatic heterocycles. The van der Waals surface area contributed by atoms with Crippen LogP contribution in [0, 0.1) is 0 Å². The second-order valence-electron chi connectivity index (χ2n) is 10.2. The molecule has 4 heterocycles. The first kappa shape index (κ1) is 30.5. The number of nitrogens with one attached hydrogen (secondary N) is 1. The molecule has 0 aliphatic carbocycles. The van der Waals surface area contributed by atoms with Gasteiger partial charge in [0.1, 0.15) is 21.8 Å². The average Bonchev–Trinajstić information content (AvgIpc) is 3.40. The first-order chi connectivity index (χ1) is 21.9. The molecule has 0 unspecified atom stereocenters. The van der Waals surface area contributed by atoms with Crippen molar-refractivity contribution in [1.29, 1.82) is 0 Å². The van der Waals surface area contributed by atoms with Gasteiger partial charge in [0.05, 0.1) is 6.04 Å². The minimum atomic E-state index is -0.877. The number of nitrogens with zero attached hydrogens (tertiary/aromatic N) is 4. The van der Waals surface area contributed by atoms with Crippen molar-refractivity contribution in [3.63, 3.8) is 0 Å². The smallest absolute Gasteiger partial charge is 0.356 e. The summed E-state index contributed by atoms with van der Waals surface area (Å²) in [7, 11) is 1.44. The normalized spacial score (nSPS) is 18.0. The Kier molecular flexibility index (Phi) is 8.97. The first-order valence-corrected chi connectivity index (χ1v) is 16.0. The summed E-state index contributed by atoms with van der Waals surface area (Å²) < 4.78 is 6.44. The number of amides is 2. The standard InChI is InChI=1S/C32H27ClN6O4S2/c1-35-25(24-28(33)45-32(34)38-24)29(40)37-23-21-12-13-22(44-20-14-16-36-17-15-20)26(39(21)30(23)41)31(42)43-27(18-8-4-2-5-9-18)19-10-6-3-7-11-19/h2-11,14-17,21,23,27H,12-13H2,1H3,(H2,34,38)(H,37,40)/t21-,23+/m1/s1. The number of esters is 1. The first-order valence-electron chi connectivity index (χ1n) is 14.0. The second kappa shape index (κ2) is 13.2. The predicted molar refractivity (Wildman–Crippen MR) is 174 cm³/mol. The van der Waals surface area contributed by atoms with E-state index in [4.69, 9.17) is 22.1 Å². The number of nitrogen functional groups attached to an aromatic ring is 1. The molecule has 6 rings (SSSR count). The van der Waals surface area contributed by atoms with Crippen LogP contribution in [0.1, 0.15) is 35.8 Å². The largest absolute Gasteiger partial charge is 0.448 e. The van der Waals surface area contributed by atoms with E-state index >= 15 is 0 Å². The van der Waals surface area contributed by atoms with Crippen molar-refractivity contribution >= 4 is 63.3 Å². The van der Waals surface area contributed by atoms with E-state index in [0.29, 0.717) is 17.7 Å². The molecule has 2 amide bonds. The third-order valence-corrected chi connectivity index (χ3v) is 9.69. The number of fused-ring (bicyclic) bond motifs is 1. The van der Waals surface area contributed by atoms with Gasteiger partial charge in [-0.1, -0.05) is 95.4 Å². The molecule has 2 aromatic carbocycles. The zero-order chi connectivity index (χ0) is 31.5. The van der Waals surface area contributed by atoms with E-state index in [2.05, 4.69) is 20.3 Å². The highest BCUT2D eigenvalue weighted by Crippen LogP contribution is 2.44. The fraction of sp³-hybridized carbons (Fsp3) is 0.188. The van der Waals surface area contributed by atoms with Gasteiger partial charge in [0.2, 0.25) is 0 Å². The number of halogens is 1. The van der Waals surface area contributed by atoms with Crippen molar-refractivity contribution in [2.24, 2.45) is 4.99 Å². The summed E-state index contributed by atoms with van der Waals surface area (Å²) in [5.41, 5.74) is 7.63. The lowest BCUT2D eigenvalue weighted by atomic mass is 9.86. The Balaban J connectivity index is 1.30. The van der Waals surface area contributed by atoms with Gasteiger partial charge >= 0.3 is 5.97 Å². The van der Waals surface area contributed by atoms with Crippen LogP contribution in [0.15, 0.2) is 106 Å². The van der Waals surface area contributed by atoms with E-state index < -0.39 is 36.0 Å². The number of β-lactam (4-membered cyclic amide) rings is 1. The number of aromatic nitrogens is 2. The number of hydrogen-bond donors (Lipinski definition) is 2. The highest BCUT2D eigenvalue weighted by atomic mass is 35.5. The van der Waals surface area contributed by atoms with Crippen LogP contribution in [0.25, 0.3) is 0 Å². The molecule has 2 aliphatic rings. The fourth-order valence-corrected chi connectivity index (χ4v) is 7.37. The summed E-state index contributed by atoms with van der Waals surface area (Å²) in [6.45, 7) is 0. The van der Waals surface area contributed by atoms with Crippen molar-refractivity contribution in [2.75, 3.05) is 12.8 Å². The molecular formula is C32H27ClN6O4S2. The number of ether oxygens (including phenoxy) is 1. The van der Waals surface area contributed by atoms with Gasteiger partial charge in [0, 0.05) is 29.2 Å². The van der Waals surface area contributed by atoms with Crippen LogP contribution in [0.3, 0.4) is 0 Å². The minimum absolute atomic E-state index is 0.0346. The maximum atomic E-state index is 14.2. The van der Waals surface area contributed by atoms with E-state index in [-0.39, 0.29) is 26.6 Å². The lowest BCUT2D eigenvalue weighted by Crippen LogP contribution is -2.72. The molecule has 228 valence electrons. The van der Waals surface area contributed by atoms with Crippen molar-refractivity contribution < 1.29 is 19.1 Å². The highest BCUT2D eigenvalue weighted by molar-refractivity contribution is 8.03. The van der Waals surface area contributed by atoms with Crippen LogP contribution in [0.4, 0.5) is 5.13 Å². The third kappa shape index (κ3) is 6.21. The van der Waals surface area contributed by atoms with E-state index in [1.807, 2.05) is 72.8 Å². The summed E-state index contributed by atoms with van der Waals surface area (Å²) in [4.78, 5) is 56.4. The maximum absolute atomic E-state index is 14.2. The zero-order valence-corrected chi connectivity index (χ0v) is 26.3. The summed E-state index contributed by atoms with van der Waals surface area (Å²) in [5.74, 6) is -1.67. The Labute approximate surface area is 272 Å². The second-order valence-corrected chi connectivity index (χ2v) is 13.0. The molecule has 3 N–H and O–H groups in total. The van der Waals surface area contributed by atoms with Crippen molar-refractivity contribution in [3.05, 3.63) is 117 Å². The summed E-state index contributed by atoms with van der Waals surface area (Å²) in [6.07, 6.45) is 3.64. The summed E-state index contributed by atoms with van der Waals surface area (Å²) in [5, 5.41) is 2.98. The van der Waals surface area contributed by atoms with Crippen molar-refractivity contribution in [3.8, 4) is 0 Å². The Bertz CT molecular complexity index is 1760. The van der Waals surface area contributed by atoms with Crippen LogP contribution in [0.5, 0.6) is 0 Å². The van der Waals surface area contributed by atoms with Gasteiger partial charge in [-0.3, -0.25) is 24.5 Å². The quantitative estimate of drug-likeness (QED) is 0.145. The molecular weight excluding hydrogens is 632 g/mol. The predicted octanol–water partition coefficient (Wildman–Crippen LogP) is 5.02. The van der Waals surface area contributed by atoms with Crippen LogP contribution in [-0.2, 0) is 19.1 Å². The van der Waals surface area contributed by atoms with Gasteiger partial charge in [0.25, 0.3) is 11.8 Å². The molecule has 4 aromatic rings. The number of hydrogen-bond acceptors (Lipinski definition) is 10. The van der Waals surface area contributed by atoms with Crippen LogP contribution >= 0.6 is 34.7 Å². The number of allylic oxidation sites excluding steroid dienone is 1. The number of rotatable bonds is 9. The minimum Gasteiger partial charge on any atom is -0.448 e. The number of thioether (sulfide) groups is 1. The number of thiazole rings is 1. The Morgan fingerprint density at radius 3 is 2.31 bits per heavy atom. The number of carbonyl (C=O) groups excluding carboxylic acids is 3. The fourth-order valence-electron chi connectivity index (χ4n) is 5.40. The Hall–Kier alpha value is -4.52. The Morgan fingerprint density at radius 1 is 1.09 bits per heavy atom. The third-order valence-electron chi connectivity index (χ3n) is 7.46. The van der Waals surface area contributed by atoms with E-state index in [9.17, 15) is 14.4 Å². The van der Waals surface area contributed by atoms with Crippen molar-refractivity contribution in [1.82, 2.24) is 20.2 Å². The SMILES string of the molecule is CN=C(C(=O)N[C@@H]1C(=O)N2C(C(=O)OC(c3ccccc3)c3ccccc3)=C(Sc3ccncc3)CC[C@H]12)c1nc(N)sc1Cl. The molecule has 1 saturated heterocycles. The molecule has 1 fully saturated rings. The highest BCUT2D eigenvalue weighted by Gasteiger charge is 2.54. The average molecular weight is 659 g/mol. The van der Waals surface area contributed by atoms with E-state index in [1.54, 1.807) is 12.4 Å². The number of benzene rings is 2. The summed E-state index contributed by atoms with van der Waals surface area (Å²) >= 11 is 8.65. The molecule has 0 spiro atoms. The lowest BCUT2D eigenvalue weighted by molar-refractivity contribution is -0.158. The van der Waals surface area contributed by atoms with Crippen molar-refractivity contribution in [2.45, 2.75) is 35.9 Å². The van der Waals surface area contributed by atoms with E-state index in [0.717, 1.165) is 27.4 Å². The molecule has 2 aliphatic heterocycles. The van der Waals surface area contributed by atoms with E-state index in [1.165, 1.54) is 23.7 Å². The van der Waals surface area contributed by atoms with Gasteiger partial charge < -0.3 is 15.8 Å². The van der Waals surface area contributed by atoms with Gasteiger partial charge in [-0.15, -0.1) is 0 Å². The molecule has 0 bridgehead atoms. The van der Waals surface area contributed by atoms with Gasteiger partial charge in [-0.25, -0.2) is 9.78 Å². The number of aliphatic imine (C=N–C) groups is 1. The lowest BCUT2D eigenvalue weighted by Gasteiger charge is -2.50. The summed E-state index contributed by atoms with van der Waals surface area (Å²) in [6, 6.07) is 21.2. The molecule has 0 saturated carbocycles. The van der Waals surface area contributed by atoms with Crippen LogP contribution < -0.4 is 11.1 Å². The van der Waals surface area contributed by atoms with Gasteiger partial charge in [-0.2, -0.15) is 0 Å². The van der Waals surface area contributed by atoms with Gasteiger partial charge in [0.15, 0.2) is 16.9 Å². The monoisotopic (exact) mass is 658 g/mol.